The zero-order valence-corrected chi connectivity index (χ0v) is 14.6. The van der Waals surface area contributed by atoms with Crippen molar-refractivity contribution in [3.8, 4) is 5.75 Å². The lowest BCUT2D eigenvalue weighted by Crippen LogP contribution is -2.34. The van der Waals surface area contributed by atoms with E-state index in [0.717, 1.165) is 11.3 Å². The summed E-state index contributed by atoms with van der Waals surface area (Å²) in [7, 11) is -0.449. The summed E-state index contributed by atoms with van der Waals surface area (Å²) in [5.74, 6) is 0.734. The number of sulfonamides is 1. The first kappa shape index (κ1) is 19.7. The van der Waals surface area contributed by atoms with Gasteiger partial charge in [0.25, 0.3) is 10.0 Å². The van der Waals surface area contributed by atoms with Gasteiger partial charge < -0.3 is 10.5 Å². The van der Waals surface area contributed by atoms with E-state index >= 15 is 0 Å². The highest BCUT2D eigenvalue weighted by Gasteiger charge is 2.26. The van der Waals surface area contributed by atoms with Gasteiger partial charge in [0.1, 0.15) is 5.75 Å². The van der Waals surface area contributed by atoms with E-state index in [0.29, 0.717) is 24.6 Å². The van der Waals surface area contributed by atoms with Crippen molar-refractivity contribution >= 4 is 33.8 Å². The van der Waals surface area contributed by atoms with E-state index in [-0.39, 0.29) is 22.7 Å². The molecule has 0 aliphatic rings. The molecule has 5 nitrogen and oxygen atoms in total. The molecule has 0 saturated carbocycles. The maximum atomic E-state index is 12.4. The van der Waals surface area contributed by atoms with E-state index in [2.05, 4.69) is 0 Å². The van der Waals surface area contributed by atoms with Crippen LogP contribution in [0, 0.1) is 5.92 Å². The Hall–Kier alpha value is -0.340. The van der Waals surface area contributed by atoms with Crippen molar-refractivity contribution in [1.29, 1.82) is 0 Å². The molecule has 0 aliphatic carbocycles. The van der Waals surface area contributed by atoms with Crippen LogP contribution in [0.15, 0.2) is 15.7 Å². The van der Waals surface area contributed by atoms with Crippen molar-refractivity contribution in [2.75, 3.05) is 20.7 Å². The van der Waals surface area contributed by atoms with Crippen molar-refractivity contribution in [2.24, 2.45) is 11.7 Å². The molecule has 0 aromatic carbocycles. The summed E-state index contributed by atoms with van der Waals surface area (Å²) in [5, 5.41) is 1.71. The Labute approximate surface area is 131 Å². The maximum absolute atomic E-state index is 12.4. The van der Waals surface area contributed by atoms with Gasteiger partial charge in [-0.25, -0.2) is 12.7 Å². The Balaban J connectivity index is 0.00000361. The first-order valence-corrected chi connectivity index (χ1v) is 8.46. The third-order valence-corrected chi connectivity index (χ3v) is 6.37. The number of hydrogen-bond donors (Lipinski definition) is 1. The molecule has 0 bridgehead atoms. The summed E-state index contributed by atoms with van der Waals surface area (Å²) in [6.07, 6.45) is 0.640. The van der Waals surface area contributed by atoms with Crippen molar-refractivity contribution in [3.05, 3.63) is 11.4 Å². The molecule has 0 saturated heterocycles. The molecule has 0 radical (unpaired) electrons. The Morgan fingerprint density at radius 3 is 2.55 bits per heavy atom. The summed E-state index contributed by atoms with van der Waals surface area (Å²) < 4.78 is 31.4. The highest BCUT2D eigenvalue weighted by Crippen LogP contribution is 2.31. The minimum absolute atomic E-state index is 0. The molecule has 1 aromatic heterocycles. The molecule has 0 amide bonds. The van der Waals surface area contributed by atoms with E-state index in [1.165, 1.54) is 11.4 Å². The smallest absolute Gasteiger partial charge is 0.256 e. The Kier molecular flexibility index (Phi) is 8.05. The molecule has 1 unspecified atom stereocenters. The quantitative estimate of drug-likeness (QED) is 0.824. The van der Waals surface area contributed by atoms with E-state index in [1.807, 2.05) is 13.8 Å². The van der Waals surface area contributed by atoms with Gasteiger partial charge in [-0.15, -0.1) is 23.7 Å². The van der Waals surface area contributed by atoms with Crippen LogP contribution >= 0.6 is 23.7 Å². The van der Waals surface area contributed by atoms with Gasteiger partial charge in [-0.1, -0.05) is 13.8 Å². The van der Waals surface area contributed by atoms with Gasteiger partial charge in [0, 0.05) is 19.6 Å². The molecular formula is C12H23ClN2O3S2. The van der Waals surface area contributed by atoms with Crippen LogP contribution in [-0.2, 0) is 10.0 Å². The fourth-order valence-electron chi connectivity index (χ4n) is 1.55. The zero-order chi connectivity index (χ0) is 14.6. The number of hydrogen-bond acceptors (Lipinski definition) is 5. The van der Waals surface area contributed by atoms with Gasteiger partial charge in [-0.2, -0.15) is 0 Å². The minimum Gasteiger partial charge on any atom is -0.494 e. The molecule has 20 heavy (non-hydrogen) atoms. The molecule has 2 N–H and O–H groups in total. The molecule has 1 rings (SSSR count). The topological polar surface area (TPSA) is 72.6 Å². The van der Waals surface area contributed by atoms with Gasteiger partial charge in [0.15, 0.2) is 4.21 Å². The molecule has 1 heterocycles. The van der Waals surface area contributed by atoms with Crippen molar-refractivity contribution in [1.82, 2.24) is 4.31 Å². The van der Waals surface area contributed by atoms with Crippen LogP contribution in [0.5, 0.6) is 5.75 Å². The fourth-order valence-corrected chi connectivity index (χ4v) is 4.20. The Morgan fingerprint density at radius 2 is 2.05 bits per heavy atom. The lowest BCUT2D eigenvalue weighted by Gasteiger charge is -2.21. The molecular weight excluding hydrogens is 320 g/mol. The molecule has 118 valence electrons. The number of halogens is 1. The average molecular weight is 343 g/mol. The third kappa shape index (κ3) is 4.60. The lowest BCUT2D eigenvalue weighted by atomic mass is 10.0. The van der Waals surface area contributed by atoms with Crippen molar-refractivity contribution in [2.45, 2.75) is 30.5 Å². The average Bonchev–Trinajstić information content (AvgIpc) is 2.83. The van der Waals surface area contributed by atoms with Gasteiger partial charge in [0.05, 0.1) is 7.11 Å². The third-order valence-electron chi connectivity index (χ3n) is 3.09. The summed E-state index contributed by atoms with van der Waals surface area (Å²) in [6, 6.07) is 1.66. The van der Waals surface area contributed by atoms with E-state index in [1.54, 1.807) is 18.5 Å². The fraction of sp³-hybridized carbons (Fsp3) is 0.667. The predicted molar refractivity (Wildman–Crippen MR) is 85.4 cm³/mol. The SMILES string of the molecule is COc1ccsc1S(=O)(=O)N(C)CCC(N)C(C)C.Cl. The number of ether oxygens (including phenoxy) is 1. The second kappa shape index (κ2) is 8.19. The summed E-state index contributed by atoms with van der Waals surface area (Å²) in [5.41, 5.74) is 5.94. The second-order valence-electron chi connectivity index (χ2n) is 4.80. The van der Waals surface area contributed by atoms with Gasteiger partial charge in [-0.3, -0.25) is 0 Å². The molecule has 8 heteroatoms. The van der Waals surface area contributed by atoms with Gasteiger partial charge in [0.2, 0.25) is 0 Å². The summed E-state index contributed by atoms with van der Waals surface area (Å²) in [6.45, 7) is 4.46. The predicted octanol–water partition coefficient (Wildman–Crippen LogP) is 2.17. The Bertz CT molecular complexity index is 503. The van der Waals surface area contributed by atoms with E-state index in [4.69, 9.17) is 10.5 Å². The number of thiophene rings is 1. The normalized spacial score (nSPS) is 13.3. The van der Waals surface area contributed by atoms with Crippen LogP contribution in [0.3, 0.4) is 0 Å². The maximum Gasteiger partial charge on any atom is 0.256 e. The number of nitrogens with two attached hydrogens (primary N) is 1. The first-order valence-electron chi connectivity index (χ1n) is 6.14. The van der Waals surface area contributed by atoms with Crippen LogP contribution in [0.1, 0.15) is 20.3 Å². The molecule has 0 spiro atoms. The first-order chi connectivity index (χ1) is 8.80. The molecule has 0 aliphatic heterocycles. The molecule has 1 atom stereocenters. The van der Waals surface area contributed by atoms with E-state index in [9.17, 15) is 8.42 Å². The zero-order valence-electron chi connectivity index (χ0n) is 12.2. The van der Waals surface area contributed by atoms with Crippen LogP contribution < -0.4 is 10.5 Å². The second-order valence-corrected chi connectivity index (χ2v) is 7.96. The largest absolute Gasteiger partial charge is 0.494 e. The van der Waals surface area contributed by atoms with E-state index < -0.39 is 10.0 Å². The van der Waals surface area contributed by atoms with Gasteiger partial charge >= 0.3 is 0 Å². The lowest BCUT2D eigenvalue weighted by molar-refractivity contribution is 0.389. The number of rotatable bonds is 7. The van der Waals surface area contributed by atoms with Crippen LogP contribution in [-0.4, -0.2) is 39.5 Å². The van der Waals surface area contributed by atoms with Crippen LogP contribution in [0.2, 0.25) is 0 Å². The van der Waals surface area contributed by atoms with Crippen LogP contribution in [0.25, 0.3) is 0 Å². The molecule has 0 fully saturated rings. The summed E-state index contributed by atoms with van der Waals surface area (Å²) in [4.78, 5) is 0. The molecule has 1 aromatic rings. The monoisotopic (exact) mass is 342 g/mol. The van der Waals surface area contributed by atoms with Gasteiger partial charge in [-0.05, 0) is 23.8 Å². The highest BCUT2D eigenvalue weighted by molar-refractivity contribution is 7.91. The Morgan fingerprint density at radius 1 is 1.45 bits per heavy atom. The number of nitrogens with zero attached hydrogens (tertiary/aromatic N) is 1. The highest BCUT2D eigenvalue weighted by atomic mass is 35.5. The van der Waals surface area contributed by atoms with Crippen molar-refractivity contribution in [3.63, 3.8) is 0 Å². The van der Waals surface area contributed by atoms with Crippen molar-refractivity contribution < 1.29 is 13.2 Å². The number of methoxy groups -OCH3 is 1. The summed E-state index contributed by atoms with van der Waals surface area (Å²) >= 11 is 1.16. The standard InChI is InChI=1S/C12H22N2O3S2.ClH/c1-9(2)10(13)5-7-14(3)19(15,16)12-11(17-4)6-8-18-12;/h6,8-10H,5,7,13H2,1-4H3;1H. The minimum atomic E-state index is -3.49. The van der Waals surface area contributed by atoms with Crippen LogP contribution in [0.4, 0.5) is 0 Å².